The molecule has 8 nitrogen and oxygen atoms in total. The summed E-state index contributed by atoms with van der Waals surface area (Å²) in [5.74, 6) is 0.330. The minimum Gasteiger partial charge on any atom is -0.497 e. The second-order valence-electron chi connectivity index (χ2n) is 7.06. The highest BCUT2D eigenvalue weighted by atomic mass is 32.2. The van der Waals surface area contributed by atoms with Gasteiger partial charge in [0.1, 0.15) is 11.9 Å². The van der Waals surface area contributed by atoms with Crippen LogP contribution in [0, 0.1) is 12.8 Å². The van der Waals surface area contributed by atoms with Crippen molar-refractivity contribution in [1.29, 1.82) is 0 Å². The molecule has 0 bridgehead atoms. The highest BCUT2D eigenvalue weighted by Crippen LogP contribution is 2.30. The molecule has 2 aromatic rings. The summed E-state index contributed by atoms with van der Waals surface area (Å²) in [6.07, 6.45) is -0.338. The monoisotopic (exact) mass is 425 g/mol. The Kier molecular flexibility index (Phi) is 6.03. The van der Waals surface area contributed by atoms with Gasteiger partial charge in [-0.2, -0.15) is 0 Å². The van der Waals surface area contributed by atoms with Crippen molar-refractivity contribution in [2.75, 3.05) is 29.6 Å². The Labute approximate surface area is 179 Å². The number of amides is 2. The molecule has 2 aliphatic heterocycles. The van der Waals surface area contributed by atoms with E-state index >= 15 is 0 Å². The van der Waals surface area contributed by atoms with Crippen LogP contribution in [0.15, 0.2) is 53.5 Å². The number of amidine groups is 1. The average Bonchev–Trinajstić information content (AvgIpc) is 3.23. The van der Waals surface area contributed by atoms with Gasteiger partial charge in [-0.15, -0.1) is 0 Å². The topological polar surface area (TPSA) is 95.1 Å². The van der Waals surface area contributed by atoms with Crippen LogP contribution in [0.5, 0.6) is 5.75 Å². The lowest BCUT2D eigenvalue weighted by molar-refractivity contribution is -0.121. The number of hydrogen-bond acceptors (Lipinski definition) is 7. The molecule has 0 saturated carbocycles. The maximum Gasteiger partial charge on any atom is 0.241 e. The van der Waals surface area contributed by atoms with Gasteiger partial charge in [0.25, 0.3) is 0 Å². The lowest BCUT2D eigenvalue weighted by atomic mass is 10.0. The summed E-state index contributed by atoms with van der Waals surface area (Å²) >= 11 is 1.24. The van der Waals surface area contributed by atoms with Crippen molar-refractivity contribution in [3.05, 3.63) is 54.1 Å². The Morgan fingerprint density at radius 1 is 1.23 bits per heavy atom. The Hall–Kier alpha value is -2.88. The van der Waals surface area contributed by atoms with Gasteiger partial charge in [0.05, 0.1) is 24.5 Å². The van der Waals surface area contributed by atoms with Crippen LogP contribution in [0.3, 0.4) is 0 Å². The highest BCUT2D eigenvalue weighted by molar-refractivity contribution is 8.14. The largest absolute Gasteiger partial charge is 0.497 e. The number of aliphatic imine (C=N–C) groups is 1. The summed E-state index contributed by atoms with van der Waals surface area (Å²) < 4.78 is 5.21. The van der Waals surface area contributed by atoms with Gasteiger partial charge in [-0.05, 0) is 43.3 Å². The highest BCUT2D eigenvalue weighted by Gasteiger charge is 2.42. The predicted molar refractivity (Wildman–Crippen MR) is 119 cm³/mol. The quantitative estimate of drug-likeness (QED) is 0.679. The van der Waals surface area contributed by atoms with E-state index in [0.717, 1.165) is 11.3 Å². The minimum atomic E-state index is -0.338. The lowest BCUT2D eigenvalue weighted by Gasteiger charge is -2.32. The smallest absolute Gasteiger partial charge is 0.241 e. The summed E-state index contributed by atoms with van der Waals surface area (Å²) in [5.41, 5.74) is 8.57. The summed E-state index contributed by atoms with van der Waals surface area (Å²) in [6, 6.07) is 14.8. The van der Waals surface area contributed by atoms with Crippen LogP contribution >= 0.6 is 11.8 Å². The number of nitrogens with zero attached hydrogens (tertiary/aromatic N) is 2. The van der Waals surface area contributed by atoms with E-state index in [4.69, 9.17) is 4.74 Å². The molecule has 0 spiro atoms. The van der Waals surface area contributed by atoms with Crippen LogP contribution in [-0.2, 0) is 9.59 Å². The number of hydrazine groups is 1. The van der Waals surface area contributed by atoms with Crippen molar-refractivity contribution in [1.82, 2.24) is 10.9 Å². The molecule has 0 radical (unpaired) electrons. The number of carbonyl (C=O) groups excluding carboxylic acids is 2. The van der Waals surface area contributed by atoms with E-state index in [2.05, 4.69) is 21.2 Å². The molecule has 4 rings (SSSR count). The number of nitrogens with one attached hydrogen (secondary N) is 3. The number of benzene rings is 2. The van der Waals surface area contributed by atoms with Crippen LogP contribution in [0.1, 0.15) is 5.56 Å². The summed E-state index contributed by atoms with van der Waals surface area (Å²) in [6.45, 7) is 2.50. The van der Waals surface area contributed by atoms with E-state index in [-0.39, 0.29) is 29.7 Å². The number of fused-ring (bicyclic) bond motifs is 1. The molecule has 30 heavy (non-hydrogen) atoms. The SMILES string of the molecule is COc1ccc(N2C(=O)C3CNNC3N=C2SCC(=O)Nc2ccc(C)cc2)cc1. The number of carbonyl (C=O) groups is 2. The van der Waals surface area contributed by atoms with E-state index in [9.17, 15) is 9.59 Å². The van der Waals surface area contributed by atoms with Gasteiger partial charge in [0.15, 0.2) is 5.17 Å². The lowest BCUT2D eigenvalue weighted by Crippen LogP contribution is -2.49. The number of anilines is 2. The second kappa shape index (κ2) is 8.86. The van der Waals surface area contributed by atoms with Crippen LogP contribution in [0.25, 0.3) is 0 Å². The van der Waals surface area contributed by atoms with Crippen molar-refractivity contribution in [3.8, 4) is 5.75 Å². The molecule has 0 aliphatic carbocycles. The third-order valence-electron chi connectivity index (χ3n) is 4.93. The summed E-state index contributed by atoms with van der Waals surface area (Å²) in [7, 11) is 1.59. The van der Waals surface area contributed by atoms with Crippen molar-refractivity contribution in [2.45, 2.75) is 13.1 Å². The third-order valence-corrected chi connectivity index (χ3v) is 5.88. The van der Waals surface area contributed by atoms with Gasteiger partial charge >= 0.3 is 0 Å². The molecule has 2 heterocycles. The Morgan fingerprint density at radius 3 is 2.67 bits per heavy atom. The first-order chi connectivity index (χ1) is 14.5. The zero-order chi connectivity index (χ0) is 21.1. The van der Waals surface area contributed by atoms with E-state index in [1.807, 2.05) is 43.3 Å². The van der Waals surface area contributed by atoms with Gasteiger partial charge in [0, 0.05) is 12.2 Å². The molecule has 2 aromatic carbocycles. The fraction of sp³-hybridized carbons (Fsp3) is 0.286. The molecule has 0 aromatic heterocycles. The summed E-state index contributed by atoms with van der Waals surface area (Å²) in [5, 5.41) is 3.36. The molecular weight excluding hydrogens is 402 g/mol. The van der Waals surface area contributed by atoms with Crippen LogP contribution in [0.4, 0.5) is 11.4 Å². The third kappa shape index (κ3) is 4.33. The van der Waals surface area contributed by atoms with Gasteiger partial charge < -0.3 is 10.1 Å². The maximum atomic E-state index is 13.2. The summed E-state index contributed by atoms with van der Waals surface area (Å²) in [4.78, 5) is 31.9. The Bertz CT molecular complexity index is 962. The average molecular weight is 426 g/mol. The van der Waals surface area contributed by atoms with Gasteiger partial charge in [0.2, 0.25) is 11.8 Å². The molecule has 1 fully saturated rings. The van der Waals surface area contributed by atoms with E-state index in [1.165, 1.54) is 11.8 Å². The number of thioether (sulfide) groups is 1. The van der Waals surface area contributed by atoms with Gasteiger partial charge in [-0.25, -0.2) is 10.4 Å². The van der Waals surface area contributed by atoms with Crippen molar-refractivity contribution in [2.24, 2.45) is 10.9 Å². The van der Waals surface area contributed by atoms with Crippen molar-refractivity contribution >= 4 is 40.1 Å². The first-order valence-corrected chi connectivity index (χ1v) is 10.6. The normalized spacial score (nSPS) is 20.5. The maximum absolute atomic E-state index is 13.2. The molecule has 2 unspecified atom stereocenters. The molecular formula is C21H23N5O3S. The molecule has 2 atom stereocenters. The molecule has 2 aliphatic rings. The molecule has 1 saturated heterocycles. The van der Waals surface area contributed by atoms with E-state index in [0.29, 0.717) is 23.1 Å². The van der Waals surface area contributed by atoms with Crippen LogP contribution < -0.4 is 25.8 Å². The Balaban J connectivity index is 1.51. The standard InChI is InChI=1S/C21H23N5O3S/c1-13-3-5-14(6-4-13)23-18(27)12-30-21-24-19-17(11-22-25-19)20(28)26(21)15-7-9-16(29-2)10-8-15/h3-10,17,19,22,25H,11-12H2,1-2H3,(H,23,27). The van der Waals surface area contributed by atoms with Crippen LogP contribution in [-0.4, -0.2) is 42.6 Å². The van der Waals surface area contributed by atoms with Crippen molar-refractivity contribution < 1.29 is 14.3 Å². The fourth-order valence-corrected chi connectivity index (χ4v) is 4.15. The minimum absolute atomic E-state index is 0.0564. The number of ether oxygens (including phenoxy) is 1. The number of rotatable bonds is 5. The van der Waals surface area contributed by atoms with E-state index < -0.39 is 0 Å². The second-order valence-corrected chi connectivity index (χ2v) is 8.01. The van der Waals surface area contributed by atoms with Crippen molar-refractivity contribution in [3.63, 3.8) is 0 Å². The zero-order valence-corrected chi connectivity index (χ0v) is 17.5. The molecule has 9 heteroatoms. The first-order valence-electron chi connectivity index (χ1n) is 9.58. The first kappa shape index (κ1) is 20.4. The van der Waals surface area contributed by atoms with Gasteiger partial charge in [-0.1, -0.05) is 29.5 Å². The zero-order valence-electron chi connectivity index (χ0n) is 16.7. The fourth-order valence-electron chi connectivity index (χ4n) is 3.30. The van der Waals surface area contributed by atoms with Crippen LogP contribution in [0.2, 0.25) is 0 Å². The number of aryl methyl sites for hydroxylation is 1. The van der Waals surface area contributed by atoms with Gasteiger partial charge in [-0.3, -0.25) is 19.9 Å². The van der Waals surface area contributed by atoms with E-state index in [1.54, 1.807) is 24.1 Å². The Morgan fingerprint density at radius 2 is 1.97 bits per heavy atom. The number of methoxy groups -OCH3 is 1. The molecule has 3 N–H and O–H groups in total. The predicted octanol–water partition coefficient (Wildman–Crippen LogP) is 2.13. The molecule has 156 valence electrons. The number of hydrogen-bond donors (Lipinski definition) is 3. The molecule has 2 amide bonds.